The van der Waals surface area contributed by atoms with E-state index < -0.39 is 5.97 Å². The highest BCUT2D eigenvalue weighted by molar-refractivity contribution is 9.10. The molecular formula is C15H17BrN2O5. The first-order valence-electron chi connectivity index (χ1n) is 7.02. The second-order valence-electron chi connectivity index (χ2n) is 5.14. The Bertz CT molecular complexity index is 626. The Morgan fingerprint density at radius 1 is 1.09 bits per heavy atom. The van der Waals surface area contributed by atoms with Gasteiger partial charge in [0.25, 0.3) is 5.91 Å². The highest BCUT2D eigenvalue weighted by Crippen LogP contribution is 2.18. The van der Waals surface area contributed by atoms with E-state index in [-0.39, 0.29) is 24.0 Å². The van der Waals surface area contributed by atoms with Gasteiger partial charge in [0.15, 0.2) is 0 Å². The smallest absolute Gasteiger partial charge is 0.335 e. The molecule has 0 saturated carbocycles. The van der Waals surface area contributed by atoms with Crippen LogP contribution in [0.4, 0.5) is 0 Å². The summed E-state index contributed by atoms with van der Waals surface area (Å²) in [5.74, 6) is -1.43. The van der Waals surface area contributed by atoms with Crippen molar-refractivity contribution >= 4 is 33.7 Å². The molecule has 1 aromatic carbocycles. The summed E-state index contributed by atoms with van der Waals surface area (Å²) in [4.78, 5) is 38.6. The van der Waals surface area contributed by atoms with Crippen molar-refractivity contribution in [2.75, 3.05) is 39.9 Å². The van der Waals surface area contributed by atoms with E-state index in [4.69, 9.17) is 9.84 Å². The minimum Gasteiger partial charge on any atom is -0.478 e. The van der Waals surface area contributed by atoms with Gasteiger partial charge in [0.2, 0.25) is 5.91 Å². The van der Waals surface area contributed by atoms with Crippen LogP contribution >= 0.6 is 15.9 Å². The fraction of sp³-hybridized carbons (Fsp3) is 0.400. The van der Waals surface area contributed by atoms with Crippen LogP contribution in [0.2, 0.25) is 0 Å². The van der Waals surface area contributed by atoms with Gasteiger partial charge in [0.05, 0.1) is 5.56 Å². The van der Waals surface area contributed by atoms with Crippen LogP contribution in [-0.4, -0.2) is 72.6 Å². The van der Waals surface area contributed by atoms with Crippen LogP contribution in [0, 0.1) is 0 Å². The number of methoxy groups -OCH3 is 1. The fourth-order valence-electron chi connectivity index (χ4n) is 2.39. The predicted molar refractivity (Wildman–Crippen MR) is 85.5 cm³/mol. The van der Waals surface area contributed by atoms with Crippen LogP contribution in [0.25, 0.3) is 0 Å². The molecular weight excluding hydrogens is 368 g/mol. The van der Waals surface area contributed by atoms with E-state index in [1.807, 2.05) is 0 Å². The van der Waals surface area contributed by atoms with E-state index in [1.54, 1.807) is 15.9 Å². The third-order valence-corrected chi connectivity index (χ3v) is 4.04. The number of piperazine rings is 1. The van der Waals surface area contributed by atoms with Gasteiger partial charge in [0, 0.05) is 43.3 Å². The van der Waals surface area contributed by atoms with Gasteiger partial charge in [-0.05, 0) is 18.2 Å². The first-order valence-corrected chi connectivity index (χ1v) is 7.81. The maximum absolute atomic E-state index is 12.5. The lowest BCUT2D eigenvalue weighted by Crippen LogP contribution is -2.51. The molecule has 1 heterocycles. The number of nitrogens with zero attached hydrogens (tertiary/aromatic N) is 2. The first-order chi connectivity index (χ1) is 10.9. The van der Waals surface area contributed by atoms with Gasteiger partial charge in [-0.2, -0.15) is 0 Å². The molecule has 23 heavy (non-hydrogen) atoms. The Morgan fingerprint density at radius 2 is 1.65 bits per heavy atom. The monoisotopic (exact) mass is 384 g/mol. The molecule has 0 spiro atoms. The number of benzene rings is 1. The van der Waals surface area contributed by atoms with Gasteiger partial charge >= 0.3 is 5.97 Å². The number of carboxylic acids is 1. The van der Waals surface area contributed by atoms with E-state index in [2.05, 4.69) is 15.9 Å². The molecule has 0 atom stereocenters. The van der Waals surface area contributed by atoms with E-state index >= 15 is 0 Å². The summed E-state index contributed by atoms with van der Waals surface area (Å²) in [5, 5.41) is 9.07. The van der Waals surface area contributed by atoms with Gasteiger partial charge < -0.3 is 19.6 Å². The standard InChI is InChI=1S/C15H17BrN2O5/c1-23-9-13(19)17-2-4-18(5-3-17)14(20)10-6-11(15(21)22)8-12(16)7-10/h6-8H,2-5,9H2,1H3,(H,21,22). The molecule has 124 valence electrons. The molecule has 0 radical (unpaired) electrons. The summed E-state index contributed by atoms with van der Waals surface area (Å²) in [6.45, 7) is 1.72. The van der Waals surface area contributed by atoms with Crippen molar-refractivity contribution in [2.24, 2.45) is 0 Å². The molecule has 1 saturated heterocycles. The molecule has 1 N–H and O–H groups in total. The summed E-state index contributed by atoms with van der Waals surface area (Å²) in [6.07, 6.45) is 0. The van der Waals surface area contributed by atoms with Crippen LogP contribution in [-0.2, 0) is 9.53 Å². The van der Waals surface area contributed by atoms with Crippen molar-refractivity contribution in [3.05, 3.63) is 33.8 Å². The number of amides is 2. The fourth-order valence-corrected chi connectivity index (χ4v) is 2.89. The zero-order chi connectivity index (χ0) is 17.0. The van der Waals surface area contributed by atoms with Crippen LogP contribution in [0.3, 0.4) is 0 Å². The summed E-state index contributed by atoms with van der Waals surface area (Å²) < 4.78 is 5.35. The summed E-state index contributed by atoms with van der Waals surface area (Å²) >= 11 is 3.22. The molecule has 7 nitrogen and oxygen atoms in total. The summed E-state index contributed by atoms with van der Waals surface area (Å²) in [5.41, 5.74) is 0.366. The first kappa shape index (κ1) is 17.4. The maximum atomic E-state index is 12.5. The third-order valence-electron chi connectivity index (χ3n) is 3.58. The van der Waals surface area contributed by atoms with Crippen LogP contribution in [0.15, 0.2) is 22.7 Å². The zero-order valence-corrected chi connectivity index (χ0v) is 14.2. The average molecular weight is 385 g/mol. The highest BCUT2D eigenvalue weighted by atomic mass is 79.9. The number of carbonyl (C=O) groups excluding carboxylic acids is 2. The zero-order valence-electron chi connectivity index (χ0n) is 12.6. The molecule has 1 fully saturated rings. The van der Waals surface area contributed by atoms with Crippen LogP contribution in [0.1, 0.15) is 20.7 Å². The number of aromatic carboxylic acids is 1. The Balaban J connectivity index is 2.05. The second-order valence-corrected chi connectivity index (χ2v) is 6.06. The lowest BCUT2D eigenvalue weighted by molar-refractivity contribution is -0.136. The van der Waals surface area contributed by atoms with Crippen LogP contribution in [0.5, 0.6) is 0 Å². The number of ether oxygens (including phenoxy) is 1. The molecule has 1 aliphatic rings. The second kappa shape index (κ2) is 7.56. The van der Waals surface area contributed by atoms with Crippen molar-refractivity contribution in [1.29, 1.82) is 0 Å². The molecule has 1 aliphatic heterocycles. The molecule has 2 rings (SSSR count). The van der Waals surface area contributed by atoms with Gasteiger partial charge in [0.1, 0.15) is 6.61 Å². The van der Waals surface area contributed by atoms with E-state index in [0.717, 1.165) is 0 Å². The molecule has 0 aromatic heterocycles. The molecule has 1 aromatic rings. The summed E-state index contributed by atoms with van der Waals surface area (Å²) in [7, 11) is 1.46. The quantitative estimate of drug-likeness (QED) is 0.838. The number of hydrogen-bond acceptors (Lipinski definition) is 4. The Kier molecular flexibility index (Phi) is 5.73. The number of halogens is 1. The van der Waals surface area contributed by atoms with E-state index in [9.17, 15) is 14.4 Å². The van der Waals surface area contributed by atoms with E-state index in [0.29, 0.717) is 36.2 Å². The molecule has 0 unspecified atom stereocenters. The van der Waals surface area contributed by atoms with Crippen LogP contribution < -0.4 is 0 Å². The average Bonchev–Trinajstić information content (AvgIpc) is 2.54. The van der Waals surface area contributed by atoms with Crippen molar-refractivity contribution < 1.29 is 24.2 Å². The Hall–Kier alpha value is -1.93. The Morgan fingerprint density at radius 3 is 2.22 bits per heavy atom. The topological polar surface area (TPSA) is 87.2 Å². The van der Waals surface area contributed by atoms with Gasteiger partial charge in [-0.1, -0.05) is 15.9 Å². The Labute approximate surface area is 141 Å². The SMILES string of the molecule is COCC(=O)N1CCN(C(=O)c2cc(Br)cc(C(=O)O)c2)CC1. The minimum absolute atomic E-state index is 0.0293. The third kappa shape index (κ3) is 4.29. The number of hydrogen-bond donors (Lipinski definition) is 1. The normalized spacial score (nSPS) is 14.7. The number of carbonyl (C=O) groups is 3. The minimum atomic E-state index is -1.09. The van der Waals surface area contributed by atoms with Crippen molar-refractivity contribution in [3.8, 4) is 0 Å². The number of rotatable bonds is 4. The summed E-state index contributed by atoms with van der Waals surface area (Å²) in [6, 6.07) is 4.40. The maximum Gasteiger partial charge on any atom is 0.335 e. The van der Waals surface area contributed by atoms with E-state index in [1.165, 1.54) is 19.2 Å². The van der Waals surface area contributed by atoms with Crippen molar-refractivity contribution in [2.45, 2.75) is 0 Å². The molecule has 2 amide bonds. The lowest BCUT2D eigenvalue weighted by Gasteiger charge is -2.34. The van der Waals surface area contributed by atoms with Gasteiger partial charge in [-0.15, -0.1) is 0 Å². The highest BCUT2D eigenvalue weighted by Gasteiger charge is 2.25. The molecule has 0 bridgehead atoms. The molecule has 0 aliphatic carbocycles. The number of carboxylic acid groups (broad SMARTS) is 1. The van der Waals surface area contributed by atoms with Gasteiger partial charge in [-0.3, -0.25) is 9.59 Å². The van der Waals surface area contributed by atoms with Gasteiger partial charge in [-0.25, -0.2) is 4.79 Å². The largest absolute Gasteiger partial charge is 0.478 e. The van der Waals surface area contributed by atoms with Crippen molar-refractivity contribution in [3.63, 3.8) is 0 Å². The molecule has 8 heteroatoms. The van der Waals surface area contributed by atoms with Crippen molar-refractivity contribution in [1.82, 2.24) is 9.80 Å². The predicted octanol–water partition coefficient (Wildman–Crippen LogP) is 1.08. The lowest BCUT2D eigenvalue weighted by atomic mass is 10.1.